The average molecular weight is 262 g/mol. The van der Waals surface area contributed by atoms with Gasteiger partial charge in [-0.3, -0.25) is 0 Å². The number of carbonyl (C=O) groups is 1. The molecule has 1 aromatic carbocycles. The van der Waals surface area contributed by atoms with Crippen LogP contribution in [0.25, 0.3) is 6.08 Å². The van der Waals surface area contributed by atoms with Crippen molar-refractivity contribution in [2.75, 3.05) is 13.2 Å². The minimum absolute atomic E-state index is 0.272. The molecule has 0 N–H and O–H groups in total. The van der Waals surface area contributed by atoms with Crippen molar-refractivity contribution in [1.82, 2.24) is 0 Å². The molecule has 0 radical (unpaired) electrons. The molecule has 0 atom stereocenters. The van der Waals surface area contributed by atoms with Crippen molar-refractivity contribution in [1.29, 1.82) is 0 Å². The highest BCUT2D eigenvalue weighted by Crippen LogP contribution is 2.15. The van der Waals surface area contributed by atoms with Gasteiger partial charge in [-0.25, -0.2) is 4.79 Å². The summed E-state index contributed by atoms with van der Waals surface area (Å²) in [5, 5.41) is 0. The third-order valence-corrected chi connectivity index (χ3v) is 2.63. The maximum Gasteiger partial charge on any atom is 0.333 e. The summed E-state index contributed by atoms with van der Waals surface area (Å²) in [5.41, 5.74) is 1.56. The highest BCUT2D eigenvalue weighted by Gasteiger charge is 2.04. The van der Waals surface area contributed by atoms with E-state index in [0.29, 0.717) is 12.2 Å². The zero-order chi connectivity index (χ0) is 14.1. The topological polar surface area (TPSA) is 35.5 Å². The third-order valence-electron chi connectivity index (χ3n) is 2.63. The monoisotopic (exact) mass is 262 g/mol. The third kappa shape index (κ3) is 5.60. The number of ether oxygens (including phenoxy) is 2. The lowest BCUT2D eigenvalue weighted by Crippen LogP contribution is -2.04. The number of benzene rings is 1. The van der Waals surface area contributed by atoms with Gasteiger partial charge in [0.15, 0.2) is 0 Å². The molecule has 0 bridgehead atoms. The average Bonchev–Trinajstić information content (AvgIpc) is 2.41. The highest BCUT2D eigenvalue weighted by atomic mass is 16.5. The van der Waals surface area contributed by atoms with Crippen molar-refractivity contribution >= 4 is 12.0 Å². The first-order valence-electron chi connectivity index (χ1n) is 6.75. The second kappa shape index (κ2) is 8.35. The Hall–Kier alpha value is -1.77. The number of rotatable bonds is 7. The van der Waals surface area contributed by atoms with E-state index >= 15 is 0 Å². The minimum atomic E-state index is -0.272. The van der Waals surface area contributed by atoms with Gasteiger partial charge in [0, 0.05) is 5.57 Å². The van der Waals surface area contributed by atoms with Crippen molar-refractivity contribution in [2.45, 2.75) is 33.6 Å². The van der Waals surface area contributed by atoms with E-state index in [4.69, 9.17) is 9.47 Å². The van der Waals surface area contributed by atoms with Crippen LogP contribution < -0.4 is 4.74 Å². The summed E-state index contributed by atoms with van der Waals surface area (Å²) in [6.45, 7) is 6.83. The maximum absolute atomic E-state index is 11.5. The summed E-state index contributed by atoms with van der Waals surface area (Å²) in [7, 11) is 0. The van der Waals surface area contributed by atoms with Crippen LogP contribution in [0.4, 0.5) is 0 Å². The summed E-state index contributed by atoms with van der Waals surface area (Å²) in [6, 6.07) is 7.70. The van der Waals surface area contributed by atoms with Crippen LogP contribution in [0.3, 0.4) is 0 Å². The molecule has 0 fully saturated rings. The molecule has 0 heterocycles. The summed E-state index contributed by atoms with van der Waals surface area (Å²) < 4.78 is 10.5. The van der Waals surface area contributed by atoms with Crippen LogP contribution in [0, 0.1) is 0 Å². The van der Waals surface area contributed by atoms with Crippen LogP contribution in [0.5, 0.6) is 5.75 Å². The first-order chi connectivity index (χ1) is 9.17. The fourth-order valence-corrected chi connectivity index (χ4v) is 1.55. The van der Waals surface area contributed by atoms with E-state index < -0.39 is 0 Å². The lowest BCUT2D eigenvalue weighted by Gasteiger charge is -2.05. The Morgan fingerprint density at radius 1 is 1.21 bits per heavy atom. The van der Waals surface area contributed by atoms with Crippen LogP contribution in [0.1, 0.15) is 39.2 Å². The molecule has 19 heavy (non-hydrogen) atoms. The Bertz CT molecular complexity index is 418. The van der Waals surface area contributed by atoms with Crippen molar-refractivity contribution in [2.24, 2.45) is 0 Å². The second-order valence-electron chi connectivity index (χ2n) is 4.32. The van der Waals surface area contributed by atoms with E-state index in [1.165, 1.54) is 0 Å². The Labute approximate surface area is 115 Å². The van der Waals surface area contributed by atoms with E-state index in [-0.39, 0.29) is 5.97 Å². The van der Waals surface area contributed by atoms with Gasteiger partial charge in [-0.2, -0.15) is 0 Å². The molecular formula is C16H22O3. The van der Waals surface area contributed by atoms with Crippen molar-refractivity contribution in [3.63, 3.8) is 0 Å². The Morgan fingerprint density at radius 2 is 1.89 bits per heavy atom. The smallest absolute Gasteiger partial charge is 0.333 e. The number of carbonyl (C=O) groups excluding carboxylic acids is 1. The van der Waals surface area contributed by atoms with Gasteiger partial charge in [0.05, 0.1) is 13.2 Å². The molecule has 0 amide bonds. The molecule has 1 rings (SSSR count). The molecule has 0 aliphatic rings. The van der Waals surface area contributed by atoms with E-state index in [1.807, 2.05) is 30.3 Å². The lowest BCUT2D eigenvalue weighted by molar-refractivity contribution is -0.138. The van der Waals surface area contributed by atoms with Crippen molar-refractivity contribution < 1.29 is 14.3 Å². The molecule has 0 saturated carbocycles. The van der Waals surface area contributed by atoms with Crippen LogP contribution in [0.15, 0.2) is 29.8 Å². The SMILES string of the molecule is CCCCOc1ccc(/C=C(/C)C(=O)OCC)cc1. The van der Waals surface area contributed by atoms with E-state index in [2.05, 4.69) is 6.92 Å². The van der Waals surface area contributed by atoms with Gasteiger partial charge in [0.1, 0.15) is 5.75 Å². The molecule has 1 aromatic rings. The molecule has 0 unspecified atom stereocenters. The minimum Gasteiger partial charge on any atom is -0.494 e. The van der Waals surface area contributed by atoms with E-state index in [0.717, 1.165) is 30.8 Å². The summed E-state index contributed by atoms with van der Waals surface area (Å²) in [5.74, 6) is 0.588. The molecule has 0 aliphatic heterocycles. The molecule has 3 nitrogen and oxygen atoms in total. The van der Waals surface area contributed by atoms with Crippen molar-refractivity contribution in [3.8, 4) is 5.75 Å². The zero-order valence-electron chi connectivity index (χ0n) is 11.9. The van der Waals surface area contributed by atoms with Gasteiger partial charge in [0.2, 0.25) is 0 Å². The summed E-state index contributed by atoms with van der Waals surface area (Å²) in [4.78, 5) is 11.5. The van der Waals surface area contributed by atoms with Crippen LogP contribution >= 0.6 is 0 Å². The van der Waals surface area contributed by atoms with Crippen LogP contribution in [-0.4, -0.2) is 19.2 Å². The van der Waals surface area contributed by atoms with Gasteiger partial charge < -0.3 is 9.47 Å². The Kier molecular flexibility index (Phi) is 6.72. The number of hydrogen-bond acceptors (Lipinski definition) is 3. The second-order valence-corrected chi connectivity index (χ2v) is 4.32. The lowest BCUT2D eigenvalue weighted by atomic mass is 10.1. The van der Waals surface area contributed by atoms with Gasteiger partial charge in [0.25, 0.3) is 0 Å². The fraction of sp³-hybridized carbons (Fsp3) is 0.438. The Morgan fingerprint density at radius 3 is 2.47 bits per heavy atom. The standard InChI is InChI=1S/C16H22O3/c1-4-6-11-19-15-9-7-14(8-10-15)12-13(3)16(17)18-5-2/h7-10,12H,4-6,11H2,1-3H3/b13-12-. The number of esters is 1. The molecule has 0 aromatic heterocycles. The first kappa shape index (κ1) is 15.3. The van der Waals surface area contributed by atoms with E-state index in [1.54, 1.807) is 13.8 Å². The maximum atomic E-state index is 11.5. The zero-order valence-corrected chi connectivity index (χ0v) is 11.9. The fourth-order valence-electron chi connectivity index (χ4n) is 1.55. The van der Waals surface area contributed by atoms with Crippen LogP contribution in [-0.2, 0) is 9.53 Å². The van der Waals surface area contributed by atoms with Crippen LogP contribution in [0.2, 0.25) is 0 Å². The summed E-state index contributed by atoms with van der Waals surface area (Å²) in [6.07, 6.45) is 4.00. The predicted molar refractivity (Wildman–Crippen MR) is 77.1 cm³/mol. The Balaban J connectivity index is 2.60. The van der Waals surface area contributed by atoms with Gasteiger partial charge in [-0.05, 0) is 44.0 Å². The predicted octanol–water partition coefficient (Wildman–Crippen LogP) is 3.83. The van der Waals surface area contributed by atoms with Gasteiger partial charge in [-0.1, -0.05) is 25.5 Å². The van der Waals surface area contributed by atoms with Gasteiger partial charge in [-0.15, -0.1) is 0 Å². The normalized spacial score (nSPS) is 11.2. The largest absolute Gasteiger partial charge is 0.494 e. The number of hydrogen-bond donors (Lipinski definition) is 0. The van der Waals surface area contributed by atoms with Gasteiger partial charge >= 0.3 is 5.97 Å². The molecule has 104 valence electrons. The molecular weight excluding hydrogens is 240 g/mol. The first-order valence-corrected chi connectivity index (χ1v) is 6.75. The highest BCUT2D eigenvalue weighted by molar-refractivity contribution is 5.92. The molecule has 0 spiro atoms. The quantitative estimate of drug-likeness (QED) is 0.425. The molecule has 3 heteroatoms. The number of unbranched alkanes of at least 4 members (excludes halogenated alkanes) is 1. The molecule has 0 aliphatic carbocycles. The molecule has 0 saturated heterocycles. The van der Waals surface area contributed by atoms with E-state index in [9.17, 15) is 4.79 Å². The summed E-state index contributed by atoms with van der Waals surface area (Å²) >= 11 is 0. The van der Waals surface area contributed by atoms with Crippen molar-refractivity contribution in [3.05, 3.63) is 35.4 Å².